The third-order valence-electron chi connectivity index (χ3n) is 3.90. The van der Waals surface area contributed by atoms with Gasteiger partial charge in [0, 0.05) is 17.8 Å². The maximum absolute atomic E-state index is 12.1. The van der Waals surface area contributed by atoms with E-state index >= 15 is 0 Å². The van der Waals surface area contributed by atoms with Crippen LogP contribution in [0.1, 0.15) is 18.5 Å². The van der Waals surface area contributed by atoms with Gasteiger partial charge in [-0.15, -0.1) is 0 Å². The van der Waals surface area contributed by atoms with Crippen LogP contribution in [0.2, 0.25) is 0 Å². The van der Waals surface area contributed by atoms with Gasteiger partial charge in [0.25, 0.3) is 0 Å². The van der Waals surface area contributed by atoms with Gasteiger partial charge in [-0.2, -0.15) is 0 Å². The van der Waals surface area contributed by atoms with Crippen LogP contribution in [0, 0.1) is 0 Å². The van der Waals surface area contributed by atoms with Crippen LogP contribution in [0.4, 0.5) is 5.69 Å². The zero-order chi connectivity index (χ0) is 17.8. The molecule has 0 aromatic heterocycles. The first-order chi connectivity index (χ1) is 12.1. The Balaban J connectivity index is 1.54. The SMILES string of the molecule is COc1ccc([C@@H](C)NCC(=O)Nc2ccc3c(c2)OCO3)cc1Br. The highest BCUT2D eigenvalue weighted by atomic mass is 79.9. The molecule has 25 heavy (non-hydrogen) atoms. The molecule has 0 saturated heterocycles. The largest absolute Gasteiger partial charge is 0.496 e. The minimum Gasteiger partial charge on any atom is -0.496 e. The van der Waals surface area contributed by atoms with Crippen LogP contribution in [-0.2, 0) is 4.79 Å². The molecule has 0 saturated carbocycles. The number of nitrogens with one attached hydrogen (secondary N) is 2. The minimum absolute atomic E-state index is 0.0183. The minimum atomic E-state index is -0.127. The van der Waals surface area contributed by atoms with E-state index in [1.165, 1.54) is 0 Å². The molecule has 3 rings (SSSR count). The van der Waals surface area contributed by atoms with Gasteiger partial charge in [0.05, 0.1) is 18.1 Å². The van der Waals surface area contributed by atoms with E-state index in [9.17, 15) is 4.79 Å². The molecular formula is C18H19BrN2O4. The number of benzene rings is 2. The van der Waals surface area contributed by atoms with E-state index in [0.717, 1.165) is 15.8 Å². The number of rotatable bonds is 6. The van der Waals surface area contributed by atoms with Gasteiger partial charge in [-0.25, -0.2) is 0 Å². The number of amides is 1. The first-order valence-electron chi connectivity index (χ1n) is 7.83. The Morgan fingerprint density at radius 3 is 2.80 bits per heavy atom. The Kier molecular flexibility index (Phi) is 5.45. The lowest BCUT2D eigenvalue weighted by molar-refractivity contribution is -0.115. The highest BCUT2D eigenvalue weighted by Gasteiger charge is 2.15. The monoisotopic (exact) mass is 406 g/mol. The van der Waals surface area contributed by atoms with Crippen molar-refractivity contribution in [1.29, 1.82) is 0 Å². The predicted octanol–water partition coefficient (Wildman–Crippen LogP) is 3.48. The number of anilines is 1. The van der Waals surface area contributed by atoms with E-state index in [-0.39, 0.29) is 25.3 Å². The zero-order valence-electron chi connectivity index (χ0n) is 14.0. The van der Waals surface area contributed by atoms with E-state index in [0.29, 0.717) is 17.2 Å². The molecule has 0 fully saturated rings. The van der Waals surface area contributed by atoms with Gasteiger partial charge in [0.1, 0.15) is 5.75 Å². The van der Waals surface area contributed by atoms with Crippen molar-refractivity contribution in [3.05, 3.63) is 46.4 Å². The summed E-state index contributed by atoms with van der Waals surface area (Å²) in [5.41, 5.74) is 1.74. The van der Waals surface area contributed by atoms with E-state index in [1.54, 1.807) is 25.3 Å². The molecule has 0 radical (unpaired) electrons. The van der Waals surface area contributed by atoms with Crippen LogP contribution in [0.3, 0.4) is 0 Å². The van der Waals surface area contributed by atoms with Crippen molar-refractivity contribution in [3.8, 4) is 17.2 Å². The number of carbonyl (C=O) groups excluding carboxylic acids is 1. The smallest absolute Gasteiger partial charge is 0.238 e. The number of halogens is 1. The quantitative estimate of drug-likeness (QED) is 0.768. The molecule has 1 atom stereocenters. The molecule has 0 aliphatic carbocycles. The van der Waals surface area contributed by atoms with Crippen molar-refractivity contribution in [2.24, 2.45) is 0 Å². The van der Waals surface area contributed by atoms with Crippen LogP contribution < -0.4 is 24.8 Å². The zero-order valence-corrected chi connectivity index (χ0v) is 15.6. The van der Waals surface area contributed by atoms with Gasteiger partial charge in [0.2, 0.25) is 12.7 Å². The Bertz CT molecular complexity index is 782. The molecule has 132 valence electrons. The lowest BCUT2D eigenvalue weighted by Crippen LogP contribution is -2.30. The summed E-state index contributed by atoms with van der Waals surface area (Å²) in [5, 5.41) is 6.05. The van der Waals surface area contributed by atoms with Crippen molar-refractivity contribution in [3.63, 3.8) is 0 Å². The normalized spacial score (nSPS) is 13.4. The van der Waals surface area contributed by atoms with E-state index < -0.39 is 0 Å². The van der Waals surface area contributed by atoms with Gasteiger partial charge in [0.15, 0.2) is 11.5 Å². The molecule has 1 amide bonds. The second-order valence-corrected chi connectivity index (χ2v) is 6.47. The molecule has 1 heterocycles. The number of ether oxygens (including phenoxy) is 3. The number of fused-ring (bicyclic) bond motifs is 1. The lowest BCUT2D eigenvalue weighted by Gasteiger charge is -2.15. The van der Waals surface area contributed by atoms with Gasteiger partial charge < -0.3 is 24.8 Å². The second-order valence-electron chi connectivity index (χ2n) is 5.61. The second kappa shape index (κ2) is 7.76. The number of hydrogen-bond acceptors (Lipinski definition) is 5. The van der Waals surface area contributed by atoms with Crippen molar-refractivity contribution in [2.75, 3.05) is 25.8 Å². The summed E-state index contributed by atoms with van der Waals surface area (Å²) in [6, 6.07) is 11.2. The van der Waals surface area contributed by atoms with Crippen molar-refractivity contribution < 1.29 is 19.0 Å². The van der Waals surface area contributed by atoms with Crippen molar-refractivity contribution in [1.82, 2.24) is 5.32 Å². The molecule has 2 aromatic rings. The molecular weight excluding hydrogens is 388 g/mol. The third kappa shape index (κ3) is 4.24. The first-order valence-corrected chi connectivity index (χ1v) is 8.62. The fraction of sp³-hybridized carbons (Fsp3) is 0.278. The maximum atomic E-state index is 12.1. The molecule has 1 aliphatic rings. The fourth-order valence-corrected chi connectivity index (χ4v) is 3.05. The summed E-state index contributed by atoms with van der Waals surface area (Å²) in [7, 11) is 1.63. The highest BCUT2D eigenvalue weighted by Crippen LogP contribution is 2.34. The molecule has 0 bridgehead atoms. The third-order valence-corrected chi connectivity index (χ3v) is 4.52. The summed E-state index contributed by atoms with van der Waals surface area (Å²) in [6.07, 6.45) is 0. The summed E-state index contributed by atoms with van der Waals surface area (Å²) < 4.78 is 16.7. The standard InChI is InChI=1S/C18H19BrN2O4/c1-11(12-3-5-15(23-2)14(19)7-12)20-9-18(22)21-13-4-6-16-17(8-13)25-10-24-16/h3-8,11,20H,9-10H2,1-2H3,(H,21,22)/t11-/m1/s1. The lowest BCUT2D eigenvalue weighted by atomic mass is 10.1. The molecule has 6 nitrogen and oxygen atoms in total. The van der Waals surface area contributed by atoms with Crippen LogP contribution in [0.15, 0.2) is 40.9 Å². The predicted molar refractivity (Wildman–Crippen MR) is 98.3 cm³/mol. The molecule has 2 N–H and O–H groups in total. The highest BCUT2D eigenvalue weighted by molar-refractivity contribution is 9.10. The summed E-state index contributed by atoms with van der Waals surface area (Å²) >= 11 is 3.47. The van der Waals surface area contributed by atoms with Gasteiger partial charge in [-0.1, -0.05) is 6.07 Å². The first kappa shape index (κ1) is 17.6. The van der Waals surface area contributed by atoms with Crippen molar-refractivity contribution >= 4 is 27.5 Å². The molecule has 7 heteroatoms. The summed E-state index contributed by atoms with van der Waals surface area (Å²) in [6.45, 7) is 2.41. The number of carbonyl (C=O) groups is 1. The van der Waals surface area contributed by atoms with Gasteiger partial charge >= 0.3 is 0 Å². The Morgan fingerprint density at radius 1 is 1.24 bits per heavy atom. The van der Waals surface area contributed by atoms with Crippen LogP contribution in [0.25, 0.3) is 0 Å². The fourth-order valence-electron chi connectivity index (χ4n) is 2.50. The summed E-state index contributed by atoms with van der Waals surface area (Å²) in [4.78, 5) is 12.1. The Hall–Kier alpha value is -2.25. The van der Waals surface area contributed by atoms with Gasteiger partial charge in [-0.3, -0.25) is 4.79 Å². The maximum Gasteiger partial charge on any atom is 0.238 e. The van der Waals surface area contributed by atoms with E-state index in [1.807, 2.05) is 25.1 Å². The van der Waals surface area contributed by atoms with Crippen LogP contribution in [0.5, 0.6) is 17.2 Å². The molecule has 1 aliphatic heterocycles. The van der Waals surface area contributed by atoms with Gasteiger partial charge in [-0.05, 0) is 52.7 Å². The average molecular weight is 407 g/mol. The molecule has 0 spiro atoms. The van der Waals surface area contributed by atoms with E-state index in [4.69, 9.17) is 14.2 Å². The molecule has 0 unspecified atom stereocenters. The van der Waals surface area contributed by atoms with Crippen LogP contribution in [-0.4, -0.2) is 26.4 Å². The topological polar surface area (TPSA) is 68.8 Å². The van der Waals surface area contributed by atoms with Crippen LogP contribution >= 0.6 is 15.9 Å². The number of hydrogen-bond donors (Lipinski definition) is 2. The van der Waals surface area contributed by atoms with E-state index in [2.05, 4.69) is 26.6 Å². The summed E-state index contributed by atoms with van der Waals surface area (Å²) in [5.74, 6) is 1.98. The Labute approximate surface area is 154 Å². The number of methoxy groups -OCH3 is 1. The Morgan fingerprint density at radius 2 is 2.04 bits per heavy atom. The molecule has 2 aromatic carbocycles. The van der Waals surface area contributed by atoms with Crippen molar-refractivity contribution in [2.45, 2.75) is 13.0 Å². The average Bonchev–Trinajstić information content (AvgIpc) is 3.07.